The lowest BCUT2D eigenvalue weighted by molar-refractivity contribution is 0.0977. The van der Waals surface area contributed by atoms with Gasteiger partial charge in [-0.1, -0.05) is 47.5 Å². The number of nitrogens with zero attached hydrogens (tertiary/aromatic N) is 1. The van der Waals surface area contributed by atoms with Crippen LogP contribution in [0.15, 0.2) is 36.4 Å². The van der Waals surface area contributed by atoms with E-state index in [0.29, 0.717) is 21.2 Å². The molecule has 0 bridgehead atoms. The highest BCUT2D eigenvalue weighted by Crippen LogP contribution is 2.34. The first-order valence-electron chi connectivity index (χ1n) is 6.41. The van der Waals surface area contributed by atoms with Crippen LogP contribution in [0.1, 0.15) is 33.0 Å². The van der Waals surface area contributed by atoms with E-state index < -0.39 is 5.92 Å². The number of carbonyl (C=O) groups is 1. The molecule has 1 atom stereocenters. The lowest BCUT2D eigenvalue weighted by Crippen LogP contribution is -2.15. The maximum atomic E-state index is 12.8. The molecule has 2 rings (SSSR count). The molecule has 0 saturated heterocycles. The number of Topliss-reactive ketones (excluding diaryl/α,β-unsaturated/α-hetero) is 1. The van der Waals surface area contributed by atoms with Crippen molar-refractivity contribution in [3.63, 3.8) is 0 Å². The Balaban J connectivity index is 2.58. The van der Waals surface area contributed by atoms with Gasteiger partial charge in [0.1, 0.15) is 5.92 Å². The zero-order chi connectivity index (χ0) is 15.6. The monoisotopic (exact) mass is 317 g/mol. The minimum atomic E-state index is -1.01. The average Bonchev–Trinajstić information content (AvgIpc) is 2.42. The van der Waals surface area contributed by atoms with Gasteiger partial charge in [-0.15, -0.1) is 0 Å². The summed E-state index contributed by atoms with van der Waals surface area (Å²) < 4.78 is 0. The second kappa shape index (κ2) is 6.30. The van der Waals surface area contributed by atoms with Gasteiger partial charge in [-0.3, -0.25) is 4.79 Å². The van der Waals surface area contributed by atoms with Crippen molar-refractivity contribution in [3.8, 4) is 6.07 Å². The molecule has 21 heavy (non-hydrogen) atoms. The zero-order valence-electron chi connectivity index (χ0n) is 11.7. The van der Waals surface area contributed by atoms with Gasteiger partial charge in [0.25, 0.3) is 0 Å². The van der Waals surface area contributed by atoms with Gasteiger partial charge in [0, 0.05) is 21.2 Å². The van der Waals surface area contributed by atoms with Crippen molar-refractivity contribution in [1.29, 1.82) is 5.26 Å². The van der Waals surface area contributed by atoms with Crippen molar-refractivity contribution in [1.82, 2.24) is 0 Å². The number of aryl methyl sites for hydroxylation is 2. The maximum Gasteiger partial charge on any atom is 0.185 e. The Morgan fingerprint density at radius 2 is 1.52 bits per heavy atom. The summed E-state index contributed by atoms with van der Waals surface area (Å²) in [5.41, 5.74) is 2.60. The highest BCUT2D eigenvalue weighted by atomic mass is 35.5. The molecule has 1 unspecified atom stereocenters. The minimum Gasteiger partial charge on any atom is -0.292 e. The summed E-state index contributed by atoms with van der Waals surface area (Å²) in [4.78, 5) is 12.8. The summed E-state index contributed by atoms with van der Waals surface area (Å²) >= 11 is 12.3. The molecule has 106 valence electrons. The van der Waals surface area contributed by atoms with E-state index in [9.17, 15) is 10.1 Å². The number of halogens is 2. The third kappa shape index (κ3) is 2.95. The molecular weight excluding hydrogens is 305 g/mol. The number of ketones is 1. The molecule has 2 aromatic carbocycles. The van der Waals surface area contributed by atoms with Crippen LogP contribution in [-0.2, 0) is 0 Å². The second-order valence-corrected chi connectivity index (χ2v) is 5.64. The molecule has 0 aliphatic carbocycles. The predicted octanol–water partition coefficient (Wildman–Crippen LogP) is 5.10. The van der Waals surface area contributed by atoms with E-state index in [-0.39, 0.29) is 5.78 Å². The van der Waals surface area contributed by atoms with Crippen molar-refractivity contribution >= 4 is 29.0 Å². The van der Waals surface area contributed by atoms with Gasteiger partial charge < -0.3 is 0 Å². The largest absolute Gasteiger partial charge is 0.292 e. The summed E-state index contributed by atoms with van der Waals surface area (Å²) in [6.45, 7) is 3.70. The predicted molar refractivity (Wildman–Crippen MR) is 85.1 cm³/mol. The van der Waals surface area contributed by atoms with Gasteiger partial charge in [-0.2, -0.15) is 5.26 Å². The van der Waals surface area contributed by atoms with Crippen LogP contribution in [0.5, 0.6) is 0 Å². The van der Waals surface area contributed by atoms with E-state index in [1.54, 1.807) is 18.2 Å². The molecule has 0 aromatic heterocycles. The molecular formula is C17H13Cl2NO. The quantitative estimate of drug-likeness (QED) is 0.739. The highest BCUT2D eigenvalue weighted by molar-refractivity contribution is 6.36. The highest BCUT2D eigenvalue weighted by Gasteiger charge is 2.28. The molecule has 0 saturated carbocycles. The number of hydrogen-bond donors (Lipinski definition) is 0. The van der Waals surface area contributed by atoms with Crippen LogP contribution in [-0.4, -0.2) is 5.78 Å². The van der Waals surface area contributed by atoms with Gasteiger partial charge in [0.05, 0.1) is 6.07 Å². The van der Waals surface area contributed by atoms with Gasteiger partial charge >= 0.3 is 0 Å². The van der Waals surface area contributed by atoms with Gasteiger partial charge in [0.2, 0.25) is 0 Å². The summed E-state index contributed by atoms with van der Waals surface area (Å²) in [6, 6.07) is 12.6. The molecule has 0 spiro atoms. The number of rotatable bonds is 3. The fraction of sp³-hybridized carbons (Fsp3) is 0.176. The second-order valence-electron chi connectivity index (χ2n) is 4.83. The number of nitriles is 1. The van der Waals surface area contributed by atoms with Gasteiger partial charge in [-0.05, 0) is 37.1 Å². The molecule has 0 amide bonds. The number of hydrogen-bond acceptors (Lipinski definition) is 2. The maximum absolute atomic E-state index is 12.8. The standard InChI is InChI=1S/C17H13Cl2NO/c1-10-5-3-6-11(2)15(10)17(21)12(9-20)16-13(18)7-4-8-14(16)19/h3-8,12H,1-2H3. The van der Waals surface area contributed by atoms with Crippen LogP contribution >= 0.6 is 23.2 Å². The molecule has 2 aromatic rings. The van der Waals surface area contributed by atoms with Crippen LogP contribution in [0, 0.1) is 25.2 Å². The van der Waals surface area contributed by atoms with Gasteiger partial charge in [-0.25, -0.2) is 0 Å². The third-order valence-electron chi connectivity index (χ3n) is 3.41. The van der Waals surface area contributed by atoms with Crippen LogP contribution in [0.2, 0.25) is 10.0 Å². The smallest absolute Gasteiger partial charge is 0.185 e. The summed E-state index contributed by atoms with van der Waals surface area (Å²) in [5.74, 6) is -1.28. The summed E-state index contributed by atoms with van der Waals surface area (Å²) in [7, 11) is 0. The first-order valence-corrected chi connectivity index (χ1v) is 7.17. The Morgan fingerprint density at radius 3 is 2.00 bits per heavy atom. The Morgan fingerprint density at radius 1 is 1.05 bits per heavy atom. The normalized spacial score (nSPS) is 11.8. The fourth-order valence-electron chi connectivity index (χ4n) is 2.39. The van der Waals surface area contributed by atoms with Crippen LogP contribution in [0.4, 0.5) is 0 Å². The van der Waals surface area contributed by atoms with Crippen molar-refractivity contribution < 1.29 is 4.79 Å². The Hall–Kier alpha value is -1.82. The van der Waals surface area contributed by atoms with E-state index >= 15 is 0 Å². The van der Waals surface area contributed by atoms with Gasteiger partial charge in [0.15, 0.2) is 5.78 Å². The number of carbonyl (C=O) groups excluding carboxylic acids is 1. The zero-order valence-corrected chi connectivity index (χ0v) is 13.2. The van der Waals surface area contributed by atoms with Crippen molar-refractivity contribution in [2.24, 2.45) is 0 Å². The molecule has 0 N–H and O–H groups in total. The Bertz CT molecular complexity index is 706. The fourth-order valence-corrected chi connectivity index (χ4v) is 3.00. The lowest BCUT2D eigenvalue weighted by atomic mass is 9.87. The molecule has 2 nitrogen and oxygen atoms in total. The van der Waals surface area contributed by atoms with E-state index in [1.807, 2.05) is 38.1 Å². The van der Waals surface area contributed by atoms with Crippen molar-refractivity contribution in [2.75, 3.05) is 0 Å². The molecule has 0 heterocycles. The van der Waals surface area contributed by atoms with Crippen LogP contribution in [0.3, 0.4) is 0 Å². The summed E-state index contributed by atoms with van der Waals surface area (Å²) in [5, 5.41) is 10.1. The average molecular weight is 318 g/mol. The molecule has 0 radical (unpaired) electrons. The minimum absolute atomic E-state index is 0.275. The third-order valence-corrected chi connectivity index (χ3v) is 4.07. The van der Waals surface area contributed by atoms with Crippen LogP contribution in [0.25, 0.3) is 0 Å². The van der Waals surface area contributed by atoms with Crippen molar-refractivity contribution in [2.45, 2.75) is 19.8 Å². The van der Waals surface area contributed by atoms with Crippen LogP contribution < -0.4 is 0 Å². The van der Waals surface area contributed by atoms with Crippen molar-refractivity contribution in [3.05, 3.63) is 68.7 Å². The molecule has 0 fully saturated rings. The van der Waals surface area contributed by atoms with E-state index in [1.165, 1.54) is 0 Å². The van der Waals surface area contributed by atoms with E-state index in [0.717, 1.165) is 11.1 Å². The molecule has 0 aliphatic rings. The Labute approximate surface area is 133 Å². The Kier molecular flexibility index (Phi) is 4.67. The lowest BCUT2D eigenvalue weighted by Gasteiger charge is -2.15. The number of benzene rings is 2. The molecule has 4 heteroatoms. The van der Waals surface area contributed by atoms with E-state index in [2.05, 4.69) is 0 Å². The van der Waals surface area contributed by atoms with E-state index in [4.69, 9.17) is 23.2 Å². The first kappa shape index (κ1) is 15.6. The molecule has 0 aliphatic heterocycles. The summed E-state index contributed by atoms with van der Waals surface area (Å²) in [6.07, 6.45) is 0. The topological polar surface area (TPSA) is 40.9 Å². The first-order chi connectivity index (χ1) is 9.97. The SMILES string of the molecule is Cc1cccc(C)c1C(=O)C(C#N)c1c(Cl)cccc1Cl.